The van der Waals surface area contributed by atoms with Gasteiger partial charge in [-0.25, -0.2) is 31.9 Å². The van der Waals surface area contributed by atoms with Crippen LogP contribution in [0.4, 0.5) is 14.6 Å². The van der Waals surface area contributed by atoms with Gasteiger partial charge in [0.1, 0.15) is 24.0 Å². The first-order chi connectivity index (χ1) is 24.7. The maximum absolute atomic E-state index is 13.8. The van der Waals surface area contributed by atoms with Crippen LogP contribution in [0.25, 0.3) is 32.2 Å². The summed E-state index contributed by atoms with van der Waals surface area (Å²) in [7, 11) is -1.83. The number of thiophene rings is 1. The molecule has 7 rings (SSSR count). The number of aromatic nitrogens is 4. The first-order valence-corrected chi connectivity index (χ1v) is 19.9. The van der Waals surface area contributed by atoms with E-state index in [1.165, 1.54) is 17.5 Å². The Kier molecular flexibility index (Phi) is 9.69. The molecule has 4 aromatic heterocycles. The fraction of sp³-hybridized carbons (Fsp3) is 0.400. The second-order valence-electron chi connectivity index (χ2n) is 13.3. The molecule has 1 aromatic carbocycles. The zero-order valence-electron chi connectivity index (χ0n) is 28.6. The van der Waals surface area contributed by atoms with Crippen molar-refractivity contribution in [2.24, 2.45) is 0 Å². The Morgan fingerprint density at radius 2 is 1.90 bits per heavy atom. The van der Waals surface area contributed by atoms with E-state index in [0.29, 0.717) is 54.7 Å². The Bertz CT molecular complexity index is 2360. The van der Waals surface area contributed by atoms with E-state index in [0.717, 1.165) is 32.2 Å². The Hall–Kier alpha value is -4.25. The van der Waals surface area contributed by atoms with Crippen molar-refractivity contribution in [1.29, 1.82) is 0 Å². The van der Waals surface area contributed by atoms with E-state index in [9.17, 15) is 26.8 Å². The monoisotopic (exact) mass is 771 g/mol. The number of benzene rings is 1. The van der Waals surface area contributed by atoms with E-state index in [2.05, 4.69) is 24.8 Å². The third-order valence-corrected chi connectivity index (χ3v) is 11.6. The number of hydrogen-bond donors (Lipinski definition) is 1. The third-order valence-electron chi connectivity index (χ3n) is 9.79. The summed E-state index contributed by atoms with van der Waals surface area (Å²) in [4.78, 5) is 44.3. The number of nitrogens with zero attached hydrogens (tertiary/aromatic N) is 6. The van der Waals surface area contributed by atoms with Crippen LogP contribution in [0.2, 0.25) is 5.02 Å². The fourth-order valence-corrected chi connectivity index (χ4v) is 8.66. The van der Waals surface area contributed by atoms with Gasteiger partial charge in [0.15, 0.2) is 0 Å². The van der Waals surface area contributed by atoms with Crippen molar-refractivity contribution in [3.63, 3.8) is 0 Å². The lowest BCUT2D eigenvalue weighted by atomic mass is 9.85. The molecule has 5 aromatic rings. The fourth-order valence-electron chi connectivity index (χ4n) is 7.01. The molecule has 0 radical (unpaired) electrons. The highest BCUT2D eigenvalue weighted by Gasteiger charge is 2.48. The number of aryl methyl sites for hydroxylation is 1. The molecule has 0 atom stereocenters. The van der Waals surface area contributed by atoms with Gasteiger partial charge in [-0.1, -0.05) is 11.6 Å². The van der Waals surface area contributed by atoms with Crippen LogP contribution in [0, 0.1) is 6.92 Å². The average molecular weight is 772 g/mol. The molecule has 17 heteroatoms. The topological polar surface area (TPSA) is 140 Å². The smallest absolute Gasteiger partial charge is 0.267 e. The van der Waals surface area contributed by atoms with Gasteiger partial charge >= 0.3 is 0 Å². The van der Waals surface area contributed by atoms with Crippen molar-refractivity contribution in [3.05, 3.63) is 74.9 Å². The number of piperidine rings is 1. The molecule has 1 amide bonds. The number of carbonyl (C=O) groups excluding carboxylic acids is 1. The van der Waals surface area contributed by atoms with Crippen LogP contribution in [0.5, 0.6) is 5.75 Å². The highest BCUT2D eigenvalue weighted by Crippen LogP contribution is 2.42. The van der Waals surface area contributed by atoms with Gasteiger partial charge in [0.25, 0.3) is 17.4 Å². The molecular formula is C35H36ClF2N7O5S2. The zero-order valence-corrected chi connectivity index (χ0v) is 31.0. The van der Waals surface area contributed by atoms with Crippen LogP contribution >= 0.6 is 22.9 Å². The van der Waals surface area contributed by atoms with Crippen LogP contribution in [-0.2, 0) is 16.6 Å². The maximum atomic E-state index is 13.8. The normalized spacial score (nSPS) is 17.0. The second-order valence-corrected chi connectivity index (χ2v) is 16.4. The number of pyridine rings is 2. The number of likely N-dealkylation sites (tertiary alicyclic amines) is 1. The van der Waals surface area contributed by atoms with E-state index >= 15 is 0 Å². The third kappa shape index (κ3) is 7.34. The highest BCUT2D eigenvalue weighted by molar-refractivity contribution is 7.89. The molecule has 0 unspecified atom stereocenters. The van der Waals surface area contributed by atoms with Crippen molar-refractivity contribution in [2.75, 3.05) is 37.9 Å². The van der Waals surface area contributed by atoms with Gasteiger partial charge in [0.05, 0.1) is 45.7 Å². The van der Waals surface area contributed by atoms with Gasteiger partial charge in [-0.05, 0) is 50.1 Å². The summed E-state index contributed by atoms with van der Waals surface area (Å²) in [6.07, 6.45) is 5.55. The molecule has 5 heterocycles. The van der Waals surface area contributed by atoms with Gasteiger partial charge in [-0.3, -0.25) is 24.0 Å². The summed E-state index contributed by atoms with van der Waals surface area (Å²) in [6, 6.07) is 8.79. The Morgan fingerprint density at radius 3 is 2.62 bits per heavy atom. The summed E-state index contributed by atoms with van der Waals surface area (Å²) in [5, 5.41) is 2.43. The summed E-state index contributed by atoms with van der Waals surface area (Å²) in [6.45, 7) is 3.56. The first kappa shape index (κ1) is 36.1. The van der Waals surface area contributed by atoms with Crippen molar-refractivity contribution in [2.45, 2.75) is 57.2 Å². The summed E-state index contributed by atoms with van der Waals surface area (Å²) in [5.74, 6) is -1.68. The van der Waals surface area contributed by atoms with Crippen LogP contribution in [0.15, 0.2) is 52.9 Å². The lowest BCUT2D eigenvalue weighted by molar-refractivity contribution is -0.127. The highest BCUT2D eigenvalue weighted by atomic mass is 35.5. The molecule has 0 bridgehead atoms. The minimum atomic E-state index is -3.77. The van der Waals surface area contributed by atoms with Gasteiger partial charge < -0.3 is 9.64 Å². The van der Waals surface area contributed by atoms with Crippen molar-refractivity contribution in [3.8, 4) is 16.9 Å². The Balaban J connectivity index is 1.08. The van der Waals surface area contributed by atoms with E-state index in [1.807, 2.05) is 11.8 Å². The molecule has 12 nitrogen and oxygen atoms in total. The summed E-state index contributed by atoms with van der Waals surface area (Å²) < 4.78 is 60.6. The molecule has 1 saturated heterocycles. The van der Waals surface area contributed by atoms with Gasteiger partial charge in [-0.2, -0.15) is 0 Å². The molecule has 2 fully saturated rings. The van der Waals surface area contributed by atoms with Gasteiger partial charge in [-0.15, -0.1) is 11.3 Å². The minimum absolute atomic E-state index is 0.0473. The SMILES string of the molecule is Cc1nc2cnc(N(C)C3CCN(C4CC(F)(F)C4)CC3)cc2c(=O)n1CCOc1ccc(Cl)cc1-c1ccnc2c(C(=O)NS(C)(=O)=O)csc12. The standard InChI is InChI=1S/C35H36ClF2N7O5S2/c1-20-41-28-18-40-30(43(2)22-7-10-44(11-8-22)23-16-35(37,38)17-23)15-26(28)34(47)45(20)12-13-50-29-5-4-21(36)14-25(29)24-6-9-39-31-27(19-51-32(24)31)33(46)42-52(3,48)49/h4-6,9,14-15,18-19,22-23H,7-8,10-13,16-17H2,1-3H3,(H,42,46). The molecule has 1 N–H and O–H groups in total. The molecular weight excluding hydrogens is 736 g/mol. The summed E-state index contributed by atoms with van der Waals surface area (Å²) in [5.41, 5.74) is 2.04. The average Bonchev–Trinajstić information content (AvgIpc) is 3.53. The van der Waals surface area contributed by atoms with Crippen LogP contribution in [0.1, 0.15) is 41.9 Å². The number of fused-ring (bicyclic) bond motifs is 2. The van der Waals surface area contributed by atoms with Crippen LogP contribution in [0.3, 0.4) is 0 Å². The van der Waals surface area contributed by atoms with Crippen molar-refractivity contribution >= 4 is 65.8 Å². The molecule has 2 aliphatic rings. The lowest BCUT2D eigenvalue weighted by Crippen LogP contribution is -2.55. The maximum Gasteiger partial charge on any atom is 0.267 e. The second kappa shape index (κ2) is 14.0. The molecule has 1 aliphatic carbocycles. The number of nitrogens with one attached hydrogen (secondary N) is 1. The number of anilines is 1. The number of alkyl halides is 2. The largest absolute Gasteiger partial charge is 0.491 e. The predicted molar refractivity (Wildman–Crippen MR) is 197 cm³/mol. The number of sulfonamides is 1. The van der Waals surface area contributed by atoms with Gasteiger partial charge in [0.2, 0.25) is 10.0 Å². The van der Waals surface area contributed by atoms with E-state index in [-0.39, 0.29) is 49.2 Å². The van der Waals surface area contributed by atoms with Crippen molar-refractivity contribution in [1.82, 2.24) is 29.1 Å². The number of amides is 1. The van der Waals surface area contributed by atoms with Gasteiger partial charge in [0, 0.05) is 72.8 Å². The lowest BCUT2D eigenvalue weighted by Gasteiger charge is -2.46. The molecule has 1 aliphatic heterocycles. The van der Waals surface area contributed by atoms with E-state index in [4.69, 9.17) is 16.3 Å². The first-order valence-electron chi connectivity index (χ1n) is 16.7. The number of ether oxygens (including phenoxy) is 1. The molecule has 52 heavy (non-hydrogen) atoms. The molecule has 274 valence electrons. The Morgan fingerprint density at radius 1 is 1.15 bits per heavy atom. The molecule has 1 saturated carbocycles. The predicted octanol–water partition coefficient (Wildman–Crippen LogP) is 5.50. The number of hydrogen-bond acceptors (Lipinski definition) is 11. The van der Waals surface area contributed by atoms with Crippen LogP contribution in [-0.4, -0.2) is 89.7 Å². The van der Waals surface area contributed by atoms with E-state index in [1.54, 1.807) is 53.4 Å². The minimum Gasteiger partial charge on any atom is -0.491 e. The summed E-state index contributed by atoms with van der Waals surface area (Å²) >= 11 is 7.65. The number of carbonyl (C=O) groups is 1. The molecule has 0 spiro atoms. The van der Waals surface area contributed by atoms with Crippen LogP contribution < -0.4 is 19.9 Å². The Labute approximate surface area is 307 Å². The quantitative estimate of drug-likeness (QED) is 0.194. The number of rotatable bonds is 10. The zero-order chi connectivity index (χ0) is 36.9. The van der Waals surface area contributed by atoms with E-state index < -0.39 is 21.9 Å². The number of halogens is 3. The van der Waals surface area contributed by atoms with Crippen molar-refractivity contribution < 1.29 is 26.7 Å².